The molecule has 0 radical (unpaired) electrons. The summed E-state index contributed by atoms with van der Waals surface area (Å²) in [5, 5.41) is 11.5. The van der Waals surface area contributed by atoms with E-state index in [4.69, 9.17) is 9.84 Å². The minimum absolute atomic E-state index is 0.00313. The molecule has 2 N–H and O–H groups in total. The summed E-state index contributed by atoms with van der Waals surface area (Å²) in [6.07, 6.45) is 0.545. The van der Waals surface area contributed by atoms with E-state index in [-0.39, 0.29) is 30.6 Å². The molecule has 1 heterocycles. The third kappa shape index (κ3) is 5.71. The van der Waals surface area contributed by atoms with Crippen LogP contribution >= 0.6 is 0 Å². The fourth-order valence-electron chi connectivity index (χ4n) is 2.28. The number of hydrogen-bond acceptors (Lipinski definition) is 4. The van der Waals surface area contributed by atoms with E-state index >= 15 is 0 Å². The lowest BCUT2D eigenvalue weighted by Crippen LogP contribution is -2.47. The zero-order valence-electron chi connectivity index (χ0n) is 12.8. The van der Waals surface area contributed by atoms with E-state index in [1.165, 1.54) is 0 Å². The topological polar surface area (TPSA) is 95.9 Å². The van der Waals surface area contributed by atoms with Gasteiger partial charge < -0.3 is 20.1 Å². The minimum atomic E-state index is -0.890. The van der Waals surface area contributed by atoms with Gasteiger partial charge in [0, 0.05) is 38.6 Å². The van der Waals surface area contributed by atoms with Crippen LogP contribution in [-0.4, -0.2) is 60.1 Å². The van der Waals surface area contributed by atoms with Crippen LogP contribution in [-0.2, 0) is 19.1 Å². The summed E-state index contributed by atoms with van der Waals surface area (Å²) in [7, 11) is 1.57. The van der Waals surface area contributed by atoms with Crippen LogP contribution in [0.1, 0.15) is 33.1 Å². The van der Waals surface area contributed by atoms with Crippen molar-refractivity contribution in [2.45, 2.75) is 38.6 Å². The molecule has 21 heavy (non-hydrogen) atoms. The van der Waals surface area contributed by atoms with Crippen molar-refractivity contribution in [3.8, 4) is 0 Å². The van der Waals surface area contributed by atoms with Crippen LogP contribution in [0.25, 0.3) is 0 Å². The number of aliphatic carboxylic acids is 1. The van der Waals surface area contributed by atoms with Gasteiger partial charge in [-0.25, -0.2) is 0 Å². The number of carboxylic acid groups (broad SMARTS) is 1. The summed E-state index contributed by atoms with van der Waals surface area (Å²) >= 11 is 0. The fourth-order valence-corrected chi connectivity index (χ4v) is 2.28. The Morgan fingerprint density at radius 3 is 2.71 bits per heavy atom. The molecule has 1 atom stereocenters. The quantitative estimate of drug-likeness (QED) is 0.669. The third-order valence-electron chi connectivity index (χ3n) is 3.58. The fraction of sp³-hybridized carbons (Fsp3) is 0.786. The molecule has 1 unspecified atom stereocenters. The van der Waals surface area contributed by atoms with Crippen LogP contribution in [0.15, 0.2) is 0 Å². The zero-order chi connectivity index (χ0) is 16.0. The second-order valence-electron chi connectivity index (χ2n) is 6.00. The van der Waals surface area contributed by atoms with Crippen LogP contribution in [0.2, 0.25) is 0 Å². The highest BCUT2D eigenvalue weighted by Crippen LogP contribution is 2.20. The molecule has 0 aliphatic carbocycles. The average Bonchev–Trinajstić information content (AvgIpc) is 2.75. The second-order valence-corrected chi connectivity index (χ2v) is 6.00. The Labute approximate surface area is 124 Å². The van der Waals surface area contributed by atoms with Crippen LogP contribution in [0.5, 0.6) is 0 Å². The third-order valence-corrected chi connectivity index (χ3v) is 3.58. The molecule has 1 saturated heterocycles. The van der Waals surface area contributed by atoms with E-state index in [1.54, 1.807) is 25.9 Å². The smallest absolute Gasteiger partial charge is 0.303 e. The Balaban J connectivity index is 2.49. The minimum Gasteiger partial charge on any atom is -0.481 e. The number of nitrogens with zero attached hydrogens (tertiary/aromatic N) is 1. The molecule has 2 amide bonds. The Kier molecular flexibility index (Phi) is 6.14. The number of nitrogens with one attached hydrogen (secondary N) is 1. The molecule has 7 nitrogen and oxygen atoms in total. The first-order chi connectivity index (χ1) is 9.75. The number of carboxylic acids is 1. The number of likely N-dealkylation sites (tertiary alicyclic amines) is 1. The van der Waals surface area contributed by atoms with Crippen molar-refractivity contribution in [2.75, 3.05) is 26.8 Å². The maximum Gasteiger partial charge on any atom is 0.303 e. The first-order valence-corrected chi connectivity index (χ1v) is 7.05. The number of ether oxygens (including phenoxy) is 1. The van der Waals surface area contributed by atoms with Crippen molar-refractivity contribution in [1.29, 1.82) is 0 Å². The van der Waals surface area contributed by atoms with Gasteiger partial charge in [0.15, 0.2) is 0 Å². The molecule has 1 aliphatic heterocycles. The van der Waals surface area contributed by atoms with Gasteiger partial charge in [0.25, 0.3) is 0 Å². The van der Waals surface area contributed by atoms with Crippen molar-refractivity contribution in [2.24, 2.45) is 5.92 Å². The normalized spacial score (nSPS) is 18.9. The highest BCUT2D eigenvalue weighted by molar-refractivity contribution is 5.89. The van der Waals surface area contributed by atoms with Crippen LogP contribution in [0, 0.1) is 5.92 Å². The Morgan fingerprint density at radius 1 is 1.48 bits per heavy atom. The predicted octanol–water partition coefficient (Wildman–Crippen LogP) is 0.241. The summed E-state index contributed by atoms with van der Waals surface area (Å²) in [5.74, 6) is -1.51. The summed E-state index contributed by atoms with van der Waals surface area (Å²) in [6, 6.07) is 0. The van der Waals surface area contributed by atoms with Gasteiger partial charge in [-0.2, -0.15) is 0 Å². The molecule has 0 aromatic heterocycles. The van der Waals surface area contributed by atoms with E-state index in [0.29, 0.717) is 26.1 Å². The maximum absolute atomic E-state index is 12.2. The Bertz CT molecular complexity index is 408. The van der Waals surface area contributed by atoms with Crippen molar-refractivity contribution in [1.82, 2.24) is 10.2 Å². The number of rotatable bonds is 8. The lowest BCUT2D eigenvalue weighted by Gasteiger charge is -2.27. The summed E-state index contributed by atoms with van der Waals surface area (Å²) in [6.45, 7) is 4.90. The molecule has 1 fully saturated rings. The monoisotopic (exact) mass is 300 g/mol. The van der Waals surface area contributed by atoms with Gasteiger partial charge in [-0.05, 0) is 20.3 Å². The largest absolute Gasteiger partial charge is 0.481 e. The molecular weight excluding hydrogens is 276 g/mol. The number of methoxy groups -OCH3 is 1. The van der Waals surface area contributed by atoms with Crippen LogP contribution in [0.4, 0.5) is 0 Å². The molecule has 0 aromatic carbocycles. The van der Waals surface area contributed by atoms with E-state index in [1.807, 2.05) is 0 Å². The average molecular weight is 300 g/mol. The zero-order valence-corrected chi connectivity index (χ0v) is 12.8. The van der Waals surface area contributed by atoms with E-state index < -0.39 is 11.5 Å². The van der Waals surface area contributed by atoms with E-state index in [2.05, 4.69) is 5.32 Å². The van der Waals surface area contributed by atoms with Gasteiger partial charge in [0.1, 0.15) is 0 Å². The highest BCUT2D eigenvalue weighted by Gasteiger charge is 2.35. The van der Waals surface area contributed by atoms with Gasteiger partial charge >= 0.3 is 5.97 Å². The van der Waals surface area contributed by atoms with Crippen molar-refractivity contribution < 1.29 is 24.2 Å². The maximum atomic E-state index is 12.2. The molecule has 0 saturated carbocycles. The molecule has 0 bridgehead atoms. The molecular formula is C14H24N2O5. The summed E-state index contributed by atoms with van der Waals surface area (Å²) < 4.78 is 4.93. The van der Waals surface area contributed by atoms with E-state index in [9.17, 15) is 14.4 Å². The van der Waals surface area contributed by atoms with Gasteiger partial charge in [0.2, 0.25) is 11.8 Å². The standard InChI is InChI=1S/C14H24N2O5/c1-14(2,5-4-12(18)19)15-13(20)10-8-11(17)16(9-10)6-7-21-3/h10H,4-9H2,1-3H3,(H,15,20)(H,18,19). The summed E-state index contributed by atoms with van der Waals surface area (Å²) in [4.78, 5) is 36.2. The van der Waals surface area contributed by atoms with Gasteiger partial charge in [-0.3, -0.25) is 14.4 Å². The van der Waals surface area contributed by atoms with Crippen molar-refractivity contribution >= 4 is 17.8 Å². The van der Waals surface area contributed by atoms with Gasteiger partial charge in [-0.15, -0.1) is 0 Å². The number of amides is 2. The molecule has 7 heteroatoms. The number of carbonyl (C=O) groups is 3. The lowest BCUT2D eigenvalue weighted by atomic mass is 9.96. The van der Waals surface area contributed by atoms with Crippen molar-refractivity contribution in [3.63, 3.8) is 0 Å². The number of carbonyl (C=O) groups excluding carboxylic acids is 2. The first-order valence-electron chi connectivity index (χ1n) is 7.05. The van der Waals surface area contributed by atoms with Crippen LogP contribution in [0.3, 0.4) is 0 Å². The van der Waals surface area contributed by atoms with Gasteiger partial charge in [-0.1, -0.05) is 0 Å². The van der Waals surface area contributed by atoms with Crippen molar-refractivity contribution in [3.05, 3.63) is 0 Å². The molecule has 1 aliphatic rings. The lowest BCUT2D eigenvalue weighted by molar-refractivity contribution is -0.138. The molecule has 1 rings (SSSR count). The number of hydrogen-bond donors (Lipinski definition) is 2. The summed E-state index contributed by atoms with van der Waals surface area (Å²) in [5.41, 5.74) is -0.599. The molecule has 120 valence electrons. The highest BCUT2D eigenvalue weighted by atomic mass is 16.5. The predicted molar refractivity (Wildman–Crippen MR) is 75.7 cm³/mol. The van der Waals surface area contributed by atoms with Crippen LogP contribution < -0.4 is 5.32 Å². The van der Waals surface area contributed by atoms with E-state index in [0.717, 1.165) is 0 Å². The SMILES string of the molecule is COCCN1CC(C(=O)NC(C)(C)CCC(=O)O)CC1=O. The Morgan fingerprint density at radius 2 is 2.14 bits per heavy atom. The molecule has 0 aromatic rings. The second kappa shape index (κ2) is 7.40. The first kappa shape index (κ1) is 17.4. The van der Waals surface area contributed by atoms with Gasteiger partial charge in [0.05, 0.1) is 12.5 Å². The molecule has 0 spiro atoms. The Hall–Kier alpha value is -1.63.